The molecule has 94 valence electrons. The molecule has 0 spiro atoms. The van der Waals surface area contributed by atoms with Crippen LogP contribution >= 0.6 is 0 Å². The Morgan fingerprint density at radius 1 is 0.882 bits per heavy atom. The molecule has 0 nitrogen and oxygen atoms in total. The first-order valence-electron chi connectivity index (χ1n) is 6.58. The molecule has 0 aromatic heterocycles. The van der Waals surface area contributed by atoms with Crippen molar-refractivity contribution in [3.8, 4) is 0 Å². The van der Waals surface area contributed by atoms with Gasteiger partial charge in [0.2, 0.25) is 0 Å². The molecule has 0 bridgehead atoms. The van der Waals surface area contributed by atoms with E-state index in [9.17, 15) is 0 Å². The molecule has 2 aliphatic rings. The number of hydrogen-bond acceptors (Lipinski definition) is 0. The van der Waals surface area contributed by atoms with E-state index in [0.29, 0.717) is 0 Å². The van der Waals surface area contributed by atoms with Crippen LogP contribution in [-0.2, 0) is 15.0 Å². The van der Waals surface area contributed by atoms with E-state index in [4.69, 9.17) is 0 Å². The summed E-state index contributed by atoms with van der Waals surface area (Å²) in [6.45, 7) is 9.12. The van der Waals surface area contributed by atoms with Gasteiger partial charge in [0.25, 0.3) is 0 Å². The molecule has 0 atom stereocenters. The molecule has 17 heavy (non-hydrogen) atoms. The summed E-state index contributed by atoms with van der Waals surface area (Å²) in [7, 11) is 0. The Morgan fingerprint density at radius 2 is 1.29 bits per heavy atom. The van der Waals surface area contributed by atoms with E-state index < -0.39 is 0 Å². The second-order valence-corrected chi connectivity index (χ2v) is 6.30. The molecule has 0 unspecified atom stereocenters. The van der Waals surface area contributed by atoms with Crippen LogP contribution in [-0.4, -0.2) is 0 Å². The number of rotatable bonds is 4. The third-order valence-electron chi connectivity index (χ3n) is 3.78. The standard InChI is InChI=1S/2C8H11.Fe/c2*1-3-8-6-4-5-7(8)2;/h2*6H,3-4H2,1-2H3;. The van der Waals surface area contributed by atoms with E-state index in [1.165, 1.54) is 40.6 Å². The van der Waals surface area contributed by atoms with Crippen LogP contribution < -0.4 is 0 Å². The Bertz CT molecular complexity index is 402. The van der Waals surface area contributed by atoms with Crippen LogP contribution in [0.1, 0.15) is 53.4 Å². The van der Waals surface area contributed by atoms with Crippen molar-refractivity contribution in [3.05, 3.63) is 43.4 Å². The first-order chi connectivity index (χ1) is 8.17. The molecule has 0 fully saturated rings. The topological polar surface area (TPSA) is 0 Å². The Hall–Kier alpha value is -0.521. The predicted octanol–water partition coefficient (Wildman–Crippen LogP) is 5.10. The maximum atomic E-state index is 2.42. The summed E-state index contributed by atoms with van der Waals surface area (Å²) in [5, 5.41) is 0. The molecule has 0 aromatic rings. The van der Waals surface area contributed by atoms with Crippen LogP contribution in [0.4, 0.5) is 0 Å². The molecular formula is C16H22Fe. The SMILES string of the molecule is CCC1=CC[C]([Fe][C]2=C(C)C(CC)=CC2)=C1C. The number of hydrogen-bond donors (Lipinski definition) is 0. The zero-order chi connectivity index (χ0) is 12.4. The van der Waals surface area contributed by atoms with Gasteiger partial charge < -0.3 is 0 Å². The molecule has 0 N–H and O–H groups in total. The normalized spacial score (nSPS) is 20.5. The van der Waals surface area contributed by atoms with E-state index >= 15 is 0 Å². The van der Waals surface area contributed by atoms with Gasteiger partial charge in [0.05, 0.1) is 0 Å². The second kappa shape index (κ2) is 5.42. The van der Waals surface area contributed by atoms with Gasteiger partial charge >= 0.3 is 112 Å². The van der Waals surface area contributed by atoms with Gasteiger partial charge in [0.15, 0.2) is 0 Å². The van der Waals surface area contributed by atoms with Gasteiger partial charge in [-0.05, 0) is 0 Å². The average Bonchev–Trinajstić information content (AvgIpc) is 2.85. The molecule has 1 heteroatoms. The molecule has 0 aromatic carbocycles. The van der Waals surface area contributed by atoms with E-state index in [0.717, 1.165) is 0 Å². The van der Waals surface area contributed by atoms with E-state index in [1.807, 2.05) is 0 Å². The van der Waals surface area contributed by atoms with Crippen molar-refractivity contribution < 1.29 is 15.0 Å². The van der Waals surface area contributed by atoms with Gasteiger partial charge in [0, 0.05) is 0 Å². The summed E-state index contributed by atoms with van der Waals surface area (Å²) in [5.41, 5.74) is 6.27. The van der Waals surface area contributed by atoms with Crippen molar-refractivity contribution in [2.45, 2.75) is 53.4 Å². The van der Waals surface area contributed by atoms with Crippen molar-refractivity contribution in [3.63, 3.8) is 0 Å². The van der Waals surface area contributed by atoms with E-state index in [2.05, 4.69) is 39.8 Å². The van der Waals surface area contributed by atoms with E-state index in [-0.39, 0.29) is 0 Å². The quantitative estimate of drug-likeness (QED) is 0.623. The summed E-state index contributed by atoms with van der Waals surface area (Å²) in [6.07, 6.45) is 9.59. The average molecular weight is 270 g/mol. The molecule has 2 rings (SSSR count). The van der Waals surface area contributed by atoms with Gasteiger partial charge in [-0.1, -0.05) is 0 Å². The predicted molar refractivity (Wildman–Crippen MR) is 71.4 cm³/mol. The summed E-state index contributed by atoms with van der Waals surface area (Å²) >= 11 is 1.21. The van der Waals surface area contributed by atoms with Crippen molar-refractivity contribution in [1.82, 2.24) is 0 Å². The minimum absolute atomic E-state index is 1.19. The van der Waals surface area contributed by atoms with Crippen LogP contribution in [0, 0.1) is 0 Å². The second-order valence-electron chi connectivity index (χ2n) is 4.69. The monoisotopic (exact) mass is 270 g/mol. The minimum atomic E-state index is 1.19. The molecule has 0 radical (unpaired) electrons. The fraction of sp³-hybridized carbons (Fsp3) is 0.500. The fourth-order valence-electron chi connectivity index (χ4n) is 2.53. The van der Waals surface area contributed by atoms with Crippen molar-refractivity contribution in [2.24, 2.45) is 0 Å². The molecule has 2 aliphatic carbocycles. The van der Waals surface area contributed by atoms with Crippen molar-refractivity contribution >= 4 is 0 Å². The molecule has 0 saturated carbocycles. The van der Waals surface area contributed by atoms with Gasteiger partial charge in [-0.15, -0.1) is 0 Å². The van der Waals surface area contributed by atoms with Crippen LogP contribution in [0.15, 0.2) is 43.4 Å². The molecule has 0 heterocycles. The maximum absolute atomic E-state index is 2.42. The van der Waals surface area contributed by atoms with Crippen LogP contribution in [0.25, 0.3) is 0 Å². The summed E-state index contributed by atoms with van der Waals surface area (Å²) < 4.78 is 3.31. The summed E-state index contributed by atoms with van der Waals surface area (Å²) in [4.78, 5) is 0. The summed E-state index contributed by atoms with van der Waals surface area (Å²) in [6, 6.07) is 0. The third kappa shape index (κ3) is 2.51. The van der Waals surface area contributed by atoms with Gasteiger partial charge in [-0.25, -0.2) is 0 Å². The molecular weight excluding hydrogens is 248 g/mol. The molecule has 0 saturated heterocycles. The third-order valence-corrected chi connectivity index (χ3v) is 5.72. The van der Waals surface area contributed by atoms with Gasteiger partial charge in [-0.3, -0.25) is 0 Å². The Morgan fingerprint density at radius 3 is 1.59 bits per heavy atom. The Kier molecular flexibility index (Phi) is 4.12. The Labute approximate surface area is 112 Å². The number of allylic oxidation sites excluding steroid dienone is 8. The van der Waals surface area contributed by atoms with Crippen LogP contribution in [0.5, 0.6) is 0 Å². The first-order valence-corrected chi connectivity index (χ1v) is 7.68. The summed E-state index contributed by atoms with van der Waals surface area (Å²) in [5.74, 6) is 0. The molecule has 0 aliphatic heterocycles. The zero-order valence-electron chi connectivity index (χ0n) is 11.3. The van der Waals surface area contributed by atoms with E-state index in [1.54, 1.807) is 31.2 Å². The molecule has 0 amide bonds. The Balaban J connectivity index is 2.11. The zero-order valence-corrected chi connectivity index (χ0v) is 12.4. The fourth-order valence-corrected chi connectivity index (χ4v) is 4.15. The van der Waals surface area contributed by atoms with Crippen molar-refractivity contribution in [2.75, 3.05) is 0 Å². The van der Waals surface area contributed by atoms with Crippen LogP contribution in [0.3, 0.4) is 0 Å². The van der Waals surface area contributed by atoms with Crippen molar-refractivity contribution in [1.29, 1.82) is 0 Å². The first kappa shape index (κ1) is 12.9. The van der Waals surface area contributed by atoms with Gasteiger partial charge in [-0.2, -0.15) is 0 Å². The van der Waals surface area contributed by atoms with Crippen LogP contribution in [0.2, 0.25) is 0 Å². The van der Waals surface area contributed by atoms with Gasteiger partial charge in [0.1, 0.15) is 0 Å².